The summed E-state index contributed by atoms with van der Waals surface area (Å²) in [6, 6.07) is 0. The number of rotatable bonds is 5. The van der Waals surface area contributed by atoms with Crippen LogP contribution in [0.3, 0.4) is 0 Å². The van der Waals surface area contributed by atoms with Gasteiger partial charge in [0.1, 0.15) is 0 Å². The van der Waals surface area contributed by atoms with Crippen molar-refractivity contribution in [3.63, 3.8) is 0 Å². The van der Waals surface area contributed by atoms with E-state index in [-0.39, 0.29) is 5.54 Å². The Morgan fingerprint density at radius 1 is 1.16 bits per heavy atom. The summed E-state index contributed by atoms with van der Waals surface area (Å²) in [6.07, 6.45) is 7.22. The number of nitrogens with zero attached hydrogens (tertiary/aromatic N) is 1. The lowest BCUT2D eigenvalue weighted by molar-refractivity contribution is 0.104. The third-order valence-corrected chi connectivity index (χ3v) is 6.33. The maximum atomic E-state index is 11.8. The lowest BCUT2D eigenvalue weighted by Crippen LogP contribution is -2.61. The third kappa shape index (κ3) is 4.43. The van der Waals surface area contributed by atoms with Crippen LogP contribution in [0.1, 0.15) is 45.4 Å². The smallest absolute Gasteiger partial charge is 0.151 e. The molecule has 0 atom stereocenters. The van der Waals surface area contributed by atoms with Crippen molar-refractivity contribution in [2.24, 2.45) is 0 Å². The van der Waals surface area contributed by atoms with Gasteiger partial charge in [0, 0.05) is 37.5 Å². The first-order chi connectivity index (χ1) is 9.05. The molecule has 1 saturated carbocycles. The number of hydrogen-bond donors (Lipinski definition) is 1. The van der Waals surface area contributed by atoms with Crippen LogP contribution in [0.25, 0.3) is 0 Å². The molecule has 2 fully saturated rings. The molecule has 0 bridgehead atoms. The summed E-state index contributed by atoms with van der Waals surface area (Å²) in [5.41, 5.74) is 0.283. The van der Waals surface area contributed by atoms with Crippen LogP contribution >= 0.6 is 0 Å². The molecule has 0 radical (unpaired) electrons. The van der Waals surface area contributed by atoms with Gasteiger partial charge in [-0.15, -0.1) is 0 Å². The van der Waals surface area contributed by atoms with Crippen molar-refractivity contribution in [3.8, 4) is 0 Å². The van der Waals surface area contributed by atoms with E-state index in [4.69, 9.17) is 0 Å². The molecule has 5 heteroatoms. The van der Waals surface area contributed by atoms with Crippen molar-refractivity contribution in [1.29, 1.82) is 0 Å². The number of piperazine rings is 1. The highest BCUT2D eigenvalue weighted by atomic mass is 32.2. The van der Waals surface area contributed by atoms with Crippen molar-refractivity contribution in [2.45, 2.75) is 51.0 Å². The lowest BCUT2D eigenvalue weighted by Gasteiger charge is -2.46. The Labute approximate surface area is 117 Å². The maximum Gasteiger partial charge on any atom is 0.151 e. The fraction of sp³-hybridized carbons (Fsp3) is 1.00. The van der Waals surface area contributed by atoms with Crippen LogP contribution in [-0.4, -0.2) is 56.5 Å². The van der Waals surface area contributed by atoms with Gasteiger partial charge in [-0.05, 0) is 19.3 Å². The fourth-order valence-corrected chi connectivity index (χ4v) is 4.84. The molecule has 112 valence electrons. The van der Waals surface area contributed by atoms with E-state index < -0.39 is 9.84 Å². The average Bonchev–Trinajstić information content (AvgIpc) is 2.38. The fourth-order valence-electron chi connectivity index (χ4n) is 3.48. The monoisotopic (exact) mass is 288 g/mol. The number of sulfone groups is 1. The van der Waals surface area contributed by atoms with Crippen molar-refractivity contribution in [1.82, 2.24) is 10.2 Å². The summed E-state index contributed by atoms with van der Waals surface area (Å²) in [7, 11) is -2.84. The molecule has 0 amide bonds. The van der Waals surface area contributed by atoms with Crippen molar-refractivity contribution in [2.75, 3.05) is 37.7 Å². The van der Waals surface area contributed by atoms with Gasteiger partial charge in [-0.25, -0.2) is 8.42 Å². The molecule has 2 rings (SSSR count). The topological polar surface area (TPSA) is 49.4 Å². The first-order valence-electron chi connectivity index (χ1n) is 7.73. The molecule has 1 aliphatic carbocycles. The largest absolute Gasteiger partial charge is 0.309 e. The van der Waals surface area contributed by atoms with Gasteiger partial charge in [0.05, 0.1) is 5.75 Å². The minimum atomic E-state index is -2.84. The normalized spacial score (nSPS) is 24.7. The summed E-state index contributed by atoms with van der Waals surface area (Å²) in [5.74, 6) is 0.668. The van der Waals surface area contributed by atoms with Gasteiger partial charge < -0.3 is 5.32 Å². The van der Waals surface area contributed by atoms with E-state index in [1.807, 2.05) is 6.92 Å². The summed E-state index contributed by atoms with van der Waals surface area (Å²) in [4.78, 5) is 2.36. The first-order valence-corrected chi connectivity index (χ1v) is 9.55. The molecule has 1 aliphatic heterocycles. The van der Waals surface area contributed by atoms with Crippen LogP contribution in [0.5, 0.6) is 0 Å². The zero-order valence-electron chi connectivity index (χ0n) is 12.2. The number of nitrogens with one attached hydrogen (secondary N) is 1. The molecule has 1 heterocycles. The molecule has 1 N–H and O–H groups in total. The summed E-state index contributed by atoms with van der Waals surface area (Å²) in [5, 5.41) is 3.70. The van der Waals surface area contributed by atoms with Gasteiger partial charge >= 0.3 is 0 Å². The zero-order valence-corrected chi connectivity index (χ0v) is 13.0. The van der Waals surface area contributed by atoms with Crippen LogP contribution in [0.4, 0.5) is 0 Å². The maximum absolute atomic E-state index is 11.8. The quantitative estimate of drug-likeness (QED) is 0.831. The van der Waals surface area contributed by atoms with Gasteiger partial charge in [0.15, 0.2) is 9.84 Å². The molecule has 0 aromatic heterocycles. The Morgan fingerprint density at radius 2 is 1.89 bits per heavy atom. The highest BCUT2D eigenvalue weighted by Gasteiger charge is 2.36. The van der Waals surface area contributed by atoms with Crippen molar-refractivity contribution >= 4 is 9.84 Å². The van der Waals surface area contributed by atoms with Gasteiger partial charge in [0.2, 0.25) is 0 Å². The van der Waals surface area contributed by atoms with Crippen LogP contribution in [-0.2, 0) is 9.84 Å². The molecular weight excluding hydrogens is 260 g/mol. The van der Waals surface area contributed by atoms with E-state index in [1.54, 1.807) is 0 Å². The van der Waals surface area contributed by atoms with E-state index in [0.29, 0.717) is 18.1 Å². The molecule has 1 saturated heterocycles. The van der Waals surface area contributed by atoms with E-state index in [9.17, 15) is 8.42 Å². The third-order valence-electron chi connectivity index (χ3n) is 4.50. The molecule has 19 heavy (non-hydrogen) atoms. The van der Waals surface area contributed by atoms with E-state index in [0.717, 1.165) is 26.1 Å². The van der Waals surface area contributed by atoms with Gasteiger partial charge in [0.25, 0.3) is 0 Å². The molecule has 0 aromatic carbocycles. The molecular formula is C14H28N2O2S. The van der Waals surface area contributed by atoms with Crippen LogP contribution in [0.15, 0.2) is 0 Å². The standard InChI is InChI=1S/C14H28N2O2S/c1-2-11-19(17,18)12-10-16-9-8-15-14(13-16)6-4-3-5-7-14/h15H,2-13H2,1H3. The molecule has 1 spiro atoms. The minimum Gasteiger partial charge on any atom is -0.309 e. The SMILES string of the molecule is CCCS(=O)(=O)CCN1CCNC2(CCCCC2)C1. The Bertz CT molecular complexity index is 369. The van der Waals surface area contributed by atoms with Crippen LogP contribution < -0.4 is 5.32 Å². The summed E-state index contributed by atoms with van der Waals surface area (Å²) in [6.45, 7) is 5.68. The molecule has 2 aliphatic rings. The second-order valence-corrected chi connectivity index (χ2v) is 8.50. The van der Waals surface area contributed by atoms with Crippen molar-refractivity contribution in [3.05, 3.63) is 0 Å². The van der Waals surface area contributed by atoms with E-state index in [2.05, 4.69) is 10.2 Å². The highest BCUT2D eigenvalue weighted by molar-refractivity contribution is 7.91. The van der Waals surface area contributed by atoms with Gasteiger partial charge in [-0.2, -0.15) is 0 Å². The predicted octanol–water partition coefficient (Wildman–Crippen LogP) is 1.42. The average molecular weight is 288 g/mol. The van der Waals surface area contributed by atoms with Crippen LogP contribution in [0, 0.1) is 0 Å². The molecule has 0 aromatic rings. The molecule has 0 unspecified atom stereocenters. The summed E-state index contributed by atoms with van der Waals surface area (Å²) >= 11 is 0. The van der Waals surface area contributed by atoms with E-state index >= 15 is 0 Å². The van der Waals surface area contributed by atoms with Gasteiger partial charge in [-0.1, -0.05) is 26.2 Å². The second kappa shape index (κ2) is 6.55. The zero-order chi connectivity index (χ0) is 13.8. The predicted molar refractivity (Wildman–Crippen MR) is 79.2 cm³/mol. The minimum absolute atomic E-state index is 0.283. The Balaban J connectivity index is 1.84. The Hall–Kier alpha value is -0.130. The Kier molecular flexibility index (Phi) is 5.26. The van der Waals surface area contributed by atoms with Crippen molar-refractivity contribution < 1.29 is 8.42 Å². The second-order valence-electron chi connectivity index (χ2n) is 6.20. The Morgan fingerprint density at radius 3 is 2.58 bits per heavy atom. The molecule has 4 nitrogen and oxygen atoms in total. The van der Waals surface area contributed by atoms with Gasteiger partial charge in [-0.3, -0.25) is 4.90 Å². The number of hydrogen-bond acceptors (Lipinski definition) is 4. The summed E-state index contributed by atoms with van der Waals surface area (Å²) < 4.78 is 23.6. The van der Waals surface area contributed by atoms with Crippen LogP contribution in [0.2, 0.25) is 0 Å². The lowest BCUT2D eigenvalue weighted by atomic mass is 9.80. The highest BCUT2D eigenvalue weighted by Crippen LogP contribution is 2.30. The van der Waals surface area contributed by atoms with E-state index in [1.165, 1.54) is 32.1 Å². The first kappa shape index (κ1) is 15.3.